The number of ether oxygens (including phenoxy) is 1. The van der Waals surface area contributed by atoms with Crippen LogP contribution < -0.4 is 4.74 Å². The molecule has 0 spiro atoms. The predicted octanol–water partition coefficient (Wildman–Crippen LogP) is 4.92. The Morgan fingerprint density at radius 2 is 1.70 bits per heavy atom. The molecule has 0 aliphatic heterocycles. The van der Waals surface area contributed by atoms with Crippen molar-refractivity contribution in [1.82, 2.24) is 4.98 Å². The highest BCUT2D eigenvalue weighted by Crippen LogP contribution is 2.25. The van der Waals surface area contributed by atoms with E-state index in [1.54, 1.807) is 18.3 Å². The lowest BCUT2D eigenvalue weighted by Gasteiger charge is -2.05. The van der Waals surface area contributed by atoms with E-state index in [9.17, 15) is 8.42 Å². The van der Waals surface area contributed by atoms with Gasteiger partial charge in [-0.05, 0) is 69.9 Å². The normalized spacial score (nSPS) is 10.9. The van der Waals surface area contributed by atoms with E-state index in [-0.39, 0.29) is 13.2 Å². The van der Waals surface area contributed by atoms with Crippen LogP contribution >= 0.6 is 27.5 Å². The first-order valence-electron chi connectivity index (χ1n) is 8.81. The van der Waals surface area contributed by atoms with Gasteiger partial charge in [-0.1, -0.05) is 29.7 Å². The number of nitrogens with zero attached hydrogens (tertiary/aromatic N) is 1. The summed E-state index contributed by atoms with van der Waals surface area (Å²) in [6.07, 6.45) is 2.77. The summed E-state index contributed by atoms with van der Waals surface area (Å²) < 4.78 is 32.7. The van der Waals surface area contributed by atoms with Crippen molar-refractivity contribution in [2.24, 2.45) is 0 Å². The Morgan fingerprint density at radius 3 is 2.33 bits per heavy atom. The summed E-state index contributed by atoms with van der Waals surface area (Å²) in [6, 6.07) is 16.7. The molecule has 0 amide bonds. The minimum absolute atomic E-state index is 0.0356. The van der Waals surface area contributed by atoms with Gasteiger partial charge >= 0.3 is 0 Å². The van der Waals surface area contributed by atoms with Crippen LogP contribution in [0.1, 0.15) is 11.3 Å². The van der Waals surface area contributed by atoms with E-state index in [4.69, 9.17) is 16.3 Å². The van der Waals surface area contributed by atoms with Gasteiger partial charge in [0, 0.05) is 22.3 Å². The predicted molar refractivity (Wildman–Crippen MR) is 121 cm³/mol. The summed E-state index contributed by atoms with van der Waals surface area (Å²) in [5.74, 6) is 6.71. The van der Waals surface area contributed by atoms with Gasteiger partial charge in [-0.3, -0.25) is 4.18 Å². The summed E-state index contributed by atoms with van der Waals surface area (Å²) in [7, 11) is -3.46. The standard InChI is InChI=1S/C22H17BrClNO4S/c1-30(26,27)29-13-12-28-20-9-2-16(3-10-20)4-11-22-21(23)14-18(15-25-22)17-5-7-19(24)8-6-17/h2-3,5-10,14-15H,12-13H2,1H3. The summed E-state index contributed by atoms with van der Waals surface area (Å²) in [4.78, 5) is 4.44. The third kappa shape index (κ3) is 6.85. The number of hydrogen-bond donors (Lipinski definition) is 0. The van der Waals surface area contributed by atoms with Crippen LogP contribution in [-0.4, -0.2) is 32.9 Å². The van der Waals surface area contributed by atoms with Crippen LogP contribution in [0.5, 0.6) is 5.75 Å². The molecule has 2 aromatic carbocycles. The summed E-state index contributed by atoms with van der Waals surface area (Å²) >= 11 is 9.46. The Bertz CT molecular complexity index is 1180. The Balaban J connectivity index is 1.63. The third-order valence-corrected chi connectivity index (χ3v) is 5.30. The Morgan fingerprint density at radius 1 is 1.00 bits per heavy atom. The fourth-order valence-corrected chi connectivity index (χ4v) is 3.39. The van der Waals surface area contributed by atoms with Crippen LogP contribution in [0.2, 0.25) is 5.02 Å². The molecular weight excluding hydrogens is 490 g/mol. The molecule has 1 aromatic heterocycles. The monoisotopic (exact) mass is 505 g/mol. The topological polar surface area (TPSA) is 65.5 Å². The maximum Gasteiger partial charge on any atom is 0.264 e. The minimum Gasteiger partial charge on any atom is -0.491 e. The zero-order chi connectivity index (χ0) is 21.6. The minimum atomic E-state index is -3.46. The molecule has 8 heteroatoms. The maximum atomic E-state index is 10.9. The van der Waals surface area contributed by atoms with Gasteiger partial charge in [-0.2, -0.15) is 8.42 Å². The van der Waals surface area contributed by atoms with Crippen molar-refractivity contribution in [1.29, 1.82) is 0 Å². The summed E-state index contributed by atoms with van der Waals surface area (Å²) in [5, 5.41) is 0.687. The van der Waals surface area contributed by atoms with E-state index < -0.39 is 10.1 Å². The molecule has 0 bridgehead atoms. The van der Waals surface area contributed by atoms with Gasteiger partial charge in [-0.25, -0.2) is 4.98 Å². The Hall–Kier alpha value is -2.37. The number of pyridine rings is 1. The molecule has 30 heavy (non-hydrogen) atoms. The zero-order valence-corrected chi connectivity index (χ0v) is 19.1. The van der Waals surface area contributed by atoms with Crippen molar-refractivity contribution >= 4 is 37.6 Å². The molecule has 0 unspecified atom stereocenters. The van der Waals surface area contributed by atoms with Crippen LogP contribution in [-0.2, 0) is 14.3 Å². The Kier molecular flexibility index (Phi) is 7.51. The summed E-state index contributed by atoms with van der Waals surface area (Å²) in [6.45, 7) is 0.0982. The molecule has 0 N–H and O–H groups in total. The second-order valence-electron chi connectivity index (χ2n) is 6.21. The number of halogens is 2. The van der Waals surface area contributed by atoms with Gasteiger partial charge in [0.25, 0.3) is 10.1 Å². The van der Waals surface area contributed by atoms with Crippen LogP contribution in [0.3, 0.4) is 0 Å². The molecule has 0 atom stereocenters. The molecular formula is C22H17BrClNO4S. The molecule has 0 saturated heterocycles. The molecule has 3 rings (SSSR count). The van der Waals surface area contributed by atoms with E-state index in [0.717, 1.165) is 27.4 Å². The zero-order valence-electron chi connectivity index (χ0n) is 15.9. The average molecular weight is 507 g/mol. The van der Waals surface area contributed by atoms with E-state index >= 15 is 0 Å². The van der Waals surface area contributed by atoms with Crippen molar-refractivity contribution < 1.29 is 17.3 Å². The van der Waals surface area contributed by atoms with Gasteiger partial charge in [0.05, 0.1) is 10.7 Å². The second kappa shape index (κ2) is 10.1. The first-order valence-corrected chi connectivity index (χ1v) is 11.8. The Labute approximate surface area is 189 Å². The average Bonchev–Trinajstić information content (AvgIpc) is 2.71. The maximum absolute atomic E-state index is 10.9. The van der Waals surface area contributed by atoms with Crippen molar-refractivity contribution in [2.75, 3.05) is 19.5 Å². The number of rotatable bonds is 6. The number of aromatic nitrogens is 1. The lowest BCUT2D eigenvalue weighted by Crippen LogP contribution is -2.11. The van der Waals surface area contributed by atoms with Gasteiger partial charge in [0.2, 0.25) is 0 Å². The van der Waals surface area contributed by atoms with Crippen molar-refractivity contribution in [2.45, 2.75) is 0 Å². The smallest absolute Gasteiger partial charge is 0.264 e. The van der Waals surface area contributed by atoms with Crippen LogP contribution in [0, 0.1) is 11.8 Å². The highest BCUT2D eigenvalue weighted by atomic mass is 79.9. The van der Waals surface area contributed by atoms with Crippen LogP contribution in [0.25, 0.3) is 11.1 Å². The van der Waals surface area contributed by atoms with E-state index in [1.165, 1.54) is 0 Å². The third-order valence-electron chi connectivity index (χ3n) is 3.85. The number of benzene rings is 2. The number of hydrogen-bond acceptors (Lipinski definition) is 5. The lowest BCUT2D eigenvalue weighted by molar-refractivity contribution is 0.222. The lowest BCUT2D eigenvalue weighted by atomic mass is 10.1. The van der Waals surface area contributed by atoms with Crippen molar-refractivity contribution in [3.05, 3.63) is 81.5 Å². The molecule has 0 aliphatic carbocycles. The molecule has 0 aliphatic rings. The molecule has 0 radical (unpaired) electrons. The van der Waals surface area contributed by atoms with Gasteiger partial charge in [-0.15, -0.1) is 0 Å². The highest BCUT2D eigenvalue weighted by Gasteiger charge is 2.04. The highest BCUT2D eigenvalue weighted by molar-refractivity contribution is 9.10. The molecule has 3 aromatic rings. The SMILES string of the molecule is CS(=O)(=O)OCCOc1ccc(C#Cc2ncc(-c3ccc(Cl)cc3)cc2Br)cc1. The van der Waals surface area contributed by atoms with E-state index in [2.05, 4.69) is 36.9 Å². The molecule has 5 nitrogen and oxygen atoms in total. The molecule has 154 valence electrons. The molecule has 0 saturated carbocycles. The van der Waals surface area contributed by atoms with Gasteiger partial charge in [0.1, 0.15) is 24.7 Å². The quantitative estimate of drug-likeness (QED) is 0.270. The largest absolute Gasteiger partial charge is 0.491 e. The fourth-order valence-electron chi connectivity index (χ4n) is 2.44. The molecule has 0 fully saturated rings. The van der Waals surface area contributed by atoms with Gasteiger partial charge in [0.15, 0.2) is 0 Å². The fraction of sp³-hybridized carbons (Fsp3) is 0.136. The van der Waals surface area contributed by atoms with Crippen molar-refractivity contribution in [3.8, 4) is 28.7 Å². The van der Waals surface area contributed by atoms with Crippen molar-refractivity contribution in [3.63, 3.8) is 0 Å². The molecule has 1 heterocycles. The first kappa shape index (κ1) is 22.3. The first-order chi connectivity index (χ1) is 14.3. The van der Waals surface area contributed by atoms with Gasteiger partial charge < -0.3 is 4.74 Å². The van der Waals surface area contributed by atoms with Crippen LogP contribution in [0.4, 0.5) is 0 Å². The second-order valence-corrected chi connectivity index (χ2v) is 9.14. The summed E-state index contributed by atoms with van der Waals surface area (Å²) in [5.41, 5.74) is 3.41. The van der Waals surface area contributed by atoms with Crippen LogP contribution in [0.15, 0.2) is 65.3 Å². The van der Waals surface area contributed by atoms with E-state index in [0.29, 0.717) is 16.5 Å². The van der Waals surface area contributed by atoms with E-state index in [1.807, 2.05) is 42.5 Å².